The molecule has 1 aliphatic carbocycles. The molecule has 5 nitrogen and oxygen atoms in total. The molecule has 0 radical (unpaired) electrons. The van der Waals surface area contributed by atoms with Gasteiger partial charge >= 0.3 is 0 Å². The second kappa shape index (κ2) is 7.70. The topological polar surface area (TPSA) is 49.3 Å². The van der Waals surface area contributed by atoms with Gasteiger partial charge in [0.2, 0.25) is 5.91 Å². The molecule has 0 unspecified atom stereocenters. The summed E-state index contributed by atoms with van der Waals surface area (Å²) in [5.74, 6) is 0.635. The molecule has 2 aromatic rings. The highest BCUT2D eigenvalue weighted by Crippen LogP contribution is 2.27. The first kappa shape index (κ1) is 17.4. The third-order valence-corrected chi connectivity index (χ3v) is 6.00. The van der Waals surface area contributed by atoms with Crippen molar-refractivity contribution in [2.75, 3.05) is 26.2 Å². The van der Waals surface area contributed by atoms with Crippen LogP contribution in [0, 0.1) is 5.92 Å². The molecule has 138 valence electrons. The molecule has 4 rings (SSSR count). The summed E-state index contributed by atoms with van der Waals surface area (Å²) in [5.41, 5.74) is 3.20. The van der Waals surface area contributed by atoms with E-state index >= 15 is 0 Å². The van der Waals surface area contributed by atoms with Gasteiger partial charge in [0.15, 0.2) is 0 Å². The molecule has 3 heterocycles. The Morgan fingerprint density at radius 1 is 1.12 bits per heavy atom. The summed E-state index contributed by atoms with van der Waals surface area (Å²) < 4.78 is 0. The molecule has 5 heteroatoms. The third kappa shape index (κ3) is 3.73. The maximum Gasteiger partial charge on any atom is 0.219 e. The number of amides is 1. The summed E-state index contributed by atoms with van der Waals surface area (Å²) in [4.78, 5) is 25.8. The van der Waals surface area contributed by atoms with Crippen molar-refractivity contribution in [1.82, 2.24) is 19.8 Å². The van der Waals surface area contributed by atoms with Crippen LogP contribution in [0.3, 0.4) is 0 Å². The Labute approximate surface area is 155 Å². The van der Waals surface area contributed by atoms with E-state index < -0.39 is 0 Å². The predicted octanol–water partition coefficient (Wildman–Crippen LogP) is 2.90. The van der Waals surface area contributed by atoms with E-state index in [4.69, 9.17) is 0 Å². The molecule has 26 heavy (non-hydrogen) atoms. The highest BCUT2D eigenvalue weighted by Gasteiger charge is 2.30. The van der Waals surface area contributed by atoms with Crippen molar-refractivity contribution >= 4 is 16.9 Å². The Morgan fingerprint density at radius 3 is 2.77 bits per heavy atom. The quantitative estimate of drug-likeness (QED) is 0.852. The zero-order valence-corrected chi connectivity index (χ0v) is 15.6. The average molecular weight is 352 g/mol. The fourth-order valence-electron chi connectivity index (χ4n) is 4.66. The number of rotatable bonds is 3. The molecule has 1 amide bonds. The van der Waals surface area contributed by atoms with Gasteiger partial charge in [-0.1, -0.05) is 12.8 Å². The second-order valence-electron chi connectivity index (χ2n) is 7.81. The average Bonchev–Trinajstić information content (AvgIpc) is 3.10. The Morgan fingerprint density at radius 2 is 1.96 bits per heavy atom. The largest absolute Gasteiger partial charge is 0.341 e. The van der Waals surface area contributed by atoms with E-state index in [1.807, 2.05) is 29.4 Å². The number of carbonyl (C=O) groups excluding carboxylic acids is 1. The van der Waals surface area contributed by atoms with Gasteiger partial charge in [-0.25, -0.2) is 0 Å². The molecule has 0 bridgehead atoms. The van der Waals surface area contributed by atoms with E-state index in [0.717, 1.165) is 43.6 Å². The van der Waals surface area contributed by atoms with Crippen LogP contribution < -0.4 is 0 Å². The van der Waals surface area contributed by atoms with E-state index in [0.29, 0.717) is 12.0 Å². The van der Waals surface area contributed by atoms with Gasteiger partial charge < -0.3 is 4.90 Å². The van der Waals surface area contributed by atoms with Crippen LogP contribution >= 0.6 is 0 Å². The monoisotopic (exact) mass is 352 g/mol. The SMILES string of the molecule is CC(=O)N1CCN(C2CCCC2)C[C@@H](Cc2ccnc3cccnc23)C1. The van der Waals surface area contributed by atoms with E-state index in [2.05, 4.69) is 20.9 Å². The van der Waals surface area contributed by atoms with Crippen molar-refractivity contribution in [3.05, 3.63) is 36.2 Å². The fraction of sp³-hybridized carbons (Fsp3) is 0.571. The number of fused-ring (bicyclic) bond motifs is 1. The van der Waals surface area contributed by atoms with Crippen molar-refractivity contribution in [3.8, 4) is 0 Å². The van der Waals surface area contributed by atoms with Crippen molar-refractivity contribution in [2.24, 2.45) is 5.92 Å². The predicted molar refractivity (Wildman–Crippen MR) is 103 cm³/mol. The number of nitrogens with zero attached hydrogens (tertiary/aromatic N) is 4. The van der Waals surface area contributed by atoms with Crippen molar-refractivity contribution in [2.45, 2.75) is 45.1 Å². The van der Waals surface area contributed by atoms with Gasteiger partial charge in [0, 0.05) is 51.5 Å². The van der Waals surface area contributed by atoms with E-state index in [1.165, 1.54) is 31.2 Å². The van der Waals surface area contributed by atoms with E-state index in [-0.39, 0.29) is 5.91 Å². The first-order chi connectivity index (χ1) is 12.7. The lowest BCUT2D eigenvalue weighted by molar-refractivity contribution is -0.129. The number of carbonyl (C=O) groups is 1. The second-order valence-corrected chi connectivity index (χ2v) is 7.81. The number of hydrogen-bond donors (Lipinski definition) is 0. The molecule has 2 aliphatic rings. The first-order valence-corrected chi connectivity index (χ1v) is 9.89. The van der Waals surface area contributed by atoms with Gasteiger partial charge in [-0.2, -0.15) is 0 Å². The normalized spacial score (nSPS) is 22.7. The lowest BCUT2D eigenvalue weighted by Gasteiger charge is -2.29. The minimum absolute atomic E-state index is 0.195. The molecule has 1 saturated heterocycles. The molecule has 0 aromatic carbocycles. The first-order valence-electron chi connectivity index (χ1n) is 9.89. The van der Waals surface area contributed by atoms with Crippen LogP contribution in [0.15, 0.2) is 30.6 Å². The maximum atomic E-state index is 12.1. The highest BCUT2D eigenvalue weighted by molar-refractivity contribution is 5.77. The summed E-state index contributed by atoms with van der Waals surface area (Å²) in [7, 11) is 0. The van der Waals surface area contributed by atoms with Crippen LogP contribution in [-0.2, 0) is 11.2 Å². The zero-order valence-electron chi connectivity index (χ0n) is 15.6. The number of hydrogen-bond acceptors (Lipinski definition) is 4. The Kier molecular flexibility index (Phi) is 5.16. The van der Waals surface area contributed by atoms with Gasteiger partial charge in [-0.05, 0) is 48.9 Å². The summed E-state index contributed by atoms with van der Waals surface area (Å²) in [6, 6.07) is 6.75. The molecule has 0 N–H and O–H groups in total. The summed E-state index contributed by atoms with van der Waals surface area (Å²) in [6.45, 7) is 5.49. The summed E-state index contributed by atoms with van der Waals surface area (Å²) in [6.07, 6.45) is 9.99. The molecule has 1 saturated carbocycles. The molecule has 1 atom stereocenters. The van der Waals surface area contributed by atoms with Crippen LogP contribution in [0.25, 0.3) is 11.0 Å². The Balaban J connectivity index is 1.57. The van der Waals surface area contributed by atoms with Gasteiger partial charge in [0.05, 0.1) is 11.0 Å². The van der Waals surface area contributed by atoms with Crippen molar-refractivity contribution in [3.63, 3.8) is 0 Å². The molecular formula is C21H28N4O. The van der Waals surface area contributed by atoms with E-state index in [1.54, 1.807) is 6.92 Å². The molecule has 2 fully saturated rings. The van der Waals surface area contributed by atoms with Crippen LogP contribution in [-0.4, -0.2) is 57.9 Å². The number of aromatic nitrogens is 2. The maximum absolute atomic E-state index is 12.1. The molecule has 0 spiro atoms. The third-order valence-electron chi connectivity index (χ3n) is 6.00. The lowest BCUT2D eigenvalue weighted by Crippen LogP contribution is -2.38. The molecule has 2 aromatic heterocycles. The van der Waals surface area contributed by atoms with Crippen LogP contribution in [0.1, 0.15) is 38.2 Å². The summed E-state index contributed by atoms with van der Waals surface area (Å²) >= 11 is 0. The Bertz CT molecular complexity index is 766. The highest BCUT2D eigenvalue weighted by atomic mass is 16.2. The zero-order chi connectivity index (χ0) is 17.9. The van der Waals surface area contributed by atoms with Crippen molar-refractivity contribution < 1.29 is 4.79 Å². The van der Waals surface area contributed by atoms with E-state index in [9.17, 15) is 4.79 Å². The lowest BCUT2D eigenvalue weighted by atomic mass is 9.97. The minimum atomic E-state index is 0.195. The fourth-order valence-corrected chi connectivity index (χ4v) is 4.66. The smallest absolute Gasteiger partial charge is 0.219 e. The standard InChI is InChI=1S/C21H28N4O/c1-16(26)24-11-12-25(19-5-2-3-6-19)15-17(14-24)13-18-8-10-22-20-7-4-9-23-21(18)20/h4,7-10,17,19H,2-3,5-6,11-15H2,1H3/t17-/m0/s1. The molecular weight excluding hydrogens is 324 g/mol. The van der Waals surface area contributed by atoms with Crippen LogP contribution in [0.2, 0.25) is 0 Å². The van der Waals surface area contributed by atoms with Gasteiger partial charge in [-0.15, -0.1) is 0 Å². The van der Waals surface area contributed by atoms with Gasteiger partial charge in [0.1, 0.15) is 0 Å². The van der Waals surface area contributed by atoms with Crippen LogP contribution in [0.4, 0.5) is 0 Å². The van der Waals surface area contributed by atoms with Crippen LogP contribution in [0.5, 0.6) is 0 Å². The minimum Gasteiger partial charge on any atom is -0.341 e. The van der Waals surface area contributed by atoms with Crippen molar-refractivity contribution in [1.29, 1.82) is 0 Å². The van der Waals surface area contributed by atoms with Gasteiger partial charge in [0.25, 0.3) is 0 Å². The van der Waals surface area contributed by atoms with Gasteiger partial charge in [-0.3, -0.25) is 19.7 Å². The summed E-state index contributed by atoms with van der Waals surface area (Å²) in [5, 5.41) is 0. The molecule has 1 aliphatic heterocycles. The Hall–Kier alpha value is -2.01. The number of pyridine rings is 2.